The van der Waals surface area contributed by atoms with Gasteiger partial charge in [0.15, 0.2) is 5.65 Å². The maximum atomic E-state index is 14.1. The number of nitrogens with one attached hydrogen (secondary N) is 2. The van der Waals surface area contributed by atoms with Gasteiger partial charge in [0, 0.05) is 32.3 Å². The maximum absolute atomic E-state index is 14.1. The molecule has 230 valence electrons. The second-order valence-corrected chi connectivity index (χ2v) is 11.9. The lowest BCUT2D eigenvalue weighted by Gasteiger charge is -2.28. The molecule has 2 atom stereocenters. The lowest BCUT2D eigenvalue weighted by molar-refractivity contribution is -0.153. The van der Waals surface area contributed by atoms with Crippen molar-refractivity contribution in [3.8, 4) is 5.75 Å². The number of fused-ring (bicyclic) bond motifs is 1. The van der Waals surface area contributed by atoms with Crippen LogP contribution < -0.4 is 20.3 Å². The molecule has 1 aliphatic heterocycles. The number of hydrogen-bond acceptors (Lipinski definition) is 8. The average Bonchev–Trinajstić information content (AvgIpc) is 3.33. The summed E-state index contributed by atoms with van der Waals surface area (Å²) in [5.74, 6) is 0.0708. The van der Waals surface area contributed by atoms with E-state index >= 15 is 0 Å². The van der Waals surface area contributed by atoms with E-state index in [1.807, 2.05) is 13.0 Å². The molecule has 0 aliphatic carbocycles. The quantitative estimate of drug-likeness (QED) is 0.177. The summed E-state index contributed by atoms with van der Waals surface area (Å²) < 4.78 is 55.0. The summed E-state index contributed by atoms with van der Waals surface area (Å²) in [6.07, 6.45) is -1.46. The molecule has 9 nitrogen and oxygen atoms in total. The van der Waals surface area contributed by atoms with E-state index in [-0.39, 0.29) is 35.7 Å². The van der Waals surface area contributed by atoms with Crippen molar-refractivity contribution in [2.24, 2.45) is 0 Å². The molecule has 0 bridgehead atoms. The standard InChI is InChI=1S/C29H38ClF3N6O3/c1-18-9-10-22(19(14-18)27(40)42-28(2,3)4)41-13-12-35-23(29(31,32)33)17-38(5)26-16-24(30)36-25-15-21(37-39(25)26)20-8-6-7-11-34-20/h9-10,14-16,20,23,34-35H,6-8,11-13,17H2,1-5H3/t20-,23?/m0/s1. The molecule has 4 rings (SSSR count). The van der Waals surface area contributed by atoms with Crippen LogP contribution in [0.2, 0.25) is 5.15 Å². The van der Waals surface area contributed by atoms with Crippen molar-refractivity contribution in [1.82, 2.24) is 25.2 Å². The number of ether oxygens (including phenoxy) is 2. The van der Waals surface area contributed by atoms with E-state index in [2.05, 4.69) is 20.7 Å². The molecule has 2 N–H and O–H groups in total. The minimum Gasteiger partial charge on any atom is -0.491 e. The van der Waals surface area contributed by atoms with Gasteiger partial charge in [-0.3, -0.25) is 0 Å². The molecule has 0 spiro atoms. The van der Waals surface area contributed by atoms with E-state index in [4.69, 9.17) is 21.1 Å². The number of carbonyl (C=O) groups excluding carboxylic acids is 1. The molecule has 3 heterocycles. The number of halogens is 4. The second kappa shape index (κ2) is 13.0. The molecular formula is C29H38ClF3N6O3. The maximum Gasteiger partial charge on any atom is 0.405 e. The number of benzene rings is 1. The number of piperidine rings is 1. The van der Waals surface area contributed by atoms with Gasteiger partial charge in [0.1, 0.15) is 40.5 Å². The highest BCUT2D eigenvalue weighted by Gasteiger charge is 2.40. The Kier molecular flexibility index (Phi) is 9.89. The summed E-state index contributed by atoms with van der Waals surface area (Å²) in [5, 5.41) is 10.8. The van der Waals surface area contributed by atoms with E-state index in [0.717, 1.165) is 37.1 Å². The SMILES string of the molecule is Cc1ccc(OCCNC(CN(C)c2cc(Cl)nc3cc([C@@H]4CCCCN4)nn23)C(F)(F)F)c(C(=O)OC(C)(C)C)c1. The molecule has 1 saturated heterocycles. The molecule has 13 heteroatoms. The fourth-order valence-corrected chi connectivity index (χ4v) is 4.98. The third-order valence-electron chi connectivity index (χ3n) is 6.81. The van der Waals surface area contributed by atoms with Gasteiger partial charge in [-0.2, -0.15) is 22.8 Å². The van der Waals surface area contributed by atoms with E-state index in [1.54, 1.807) is 46.0 Å². The molecule has 0 radical (unpaired) electrons. The highest BCUT2D eigenvalue weighted by molar-refractivity contribution is 6.29. The van der Waals surface area contributed by atoms with Gasteiger partial charge in [-0.1, -0.05) is 29.7 Å². The predicted octanol–water partition coefficient (Wildman–Crippen LogP) is 5.50. The zero-order valence-electron chi connectivity index (χ0n) is 24.5. The van der Waals surface area contributed by atoms with Gasteiger partial charge in [0.05, 0.1) is 11.7 Å². The molecule has 1 unspecified atom stereocenters. The number of anilines is 1. The highest BCUT2D eigenvalue weighted by atomic mass is 35.5. The van der Waals surface area contributed by atoms with Gasteiger partial charge in [-0.05, 0) is 59.2 Å². The number of carbonyl (C=O) groups is 1. The van der Waals surface area contributed by atoms with E-state index in [1.165, 1.54) is 15.5 Å². The molecule has 2 aromatic heterocycles. The Morgan fingerprint density at radius 3 is 2.67 bits per heavy atom. The second-order valence-electron chi connectivity index (χ2n) is 11.6. The van der Waals surface area contributed by atoms with Crippen LogP contribution in [0.3, 0.4) is 0 Å². The number of aromatic nitrogens is 3. The Bertz CT molecular complexity index is 1390. The van der Waals surface area contributed by atoms with Crippen molar-refractivity contribution in [2.75, 3.05) is 38.2 Å². The topological polar surface area (TPSA) is 93.0 Å². The van der Waals surface area contributed by atoms with Crippen LogP contribution in [0, 0.1) is 6.92 Å². The summed E-state index contributed by atoms with van der Waals surface area (Å²) in [6, 6.07) is 6.51. The zero-order valence-corrected chi connectivity index (χ0v) is 25.3. The molecule has 0 amide bonds. The predicted molar refractivity (Wildman–Crippen MR) is 156 cm³/mol. The fourth-order valence-electron chi connectivity index (χ4n) is 4.80. The van der Waals surface area contributed by atoms with Crippen LogP contribution in [0.4, 0.5) is 19.0 Å². The van der Waals surface area contributed by atoms with Crippen LogP contribution in [0.25, 0.3) is 5.65 Å². The number of esters is 1. The Morgan fingerprint density at radius 1 is 1.24 bits per heavy atom. The van der Waals surface area contributed by atoms with Crippen LogP contribution in [0.1, 0.15) is 67.7 Å². The number of hydrogen-bond donors (Lipinski definition) is 2. The first kappa shape index (κ1) is 31.8. The largest absolute Gasteiger partial charge is 0.491 e. The van der Waals surface area contributed by atoms with Crippen molar-refractivity contribution in [2.45, 2.75) is 70.8 Å². The first-order valence-corrected chi connectivity index (χ1v) is 14.4. The number of likely N-dealkylation sites (N-methyl/N-ethyl adjacent to an activating group) is 1. The number of aryl methyl sites for hydroxylation is 1. The molecular weight excluding hydrogens is 573 g/mol. The van der Waals surface area contributed by atoms with Crippen molar-refractivity contribution >= 4 is 29.0 Å². The van der Waals surface area contributed by atoms with Gasteiger partial charge in [0.2, 0.25) is 0 Å². The summed E-state index contributed by atoms with van der Waals surface area (Å²) in [7, 11) is 1.56. The molecule has 1 aliphatic rings. The van der Waals surface area contributed by atoms with E-state index < -0.39 is 30.3 Å². The third-order valence-corrected chi connectivity index (χ3v) is 7.00. The first-order chi connectivity index (χ1) is 19.7. The highest BCUT2D eigenvalue weighted by Crippen LogP contribution is 2.28. The van der Waals surface area contributed by atoms with Crippen molar-refractivity contribution in [3.05, 3.63) is 52.3 Å². The van der Waals surface area contributed by atoms with Gasteiger partial charge in [0.25, 0.3) is 0 Å². The monoisotopic (exact) mass is 610 g/mol. The van der Waals surface area contributed by atoms with Crippen LogP contribution in [-0.2, 0) is 4.74 Å². The summed E-state index contributed by atoms with van der Waals surface area (Å²) in [4.78, 5) is 18.5. The summed E-state index contributed by atoms with van der Waals surface area (Å²) >= 11 is 6.25. The smallest absolute Gasteiger partial charge is 0.405 e. The molecule has 42 heavy (non-hydrogen) atoms. The Hall–Kier alpha value is -3.09. The van der Waals surface area contributed by atoms with Crippen molar-refractivity contribution < 1.29 is 27.4 Å². The molecule has 0 saturated carbocycles. The molecule has 3 aromatic rings. The third kappa shape index (κ3) is 8.26. The average molecular weight is 611 g/mol. The minimum absolute atomic E-state index is 0.0614. The Labute approximate surface area is 248 Å². The van der Waals surface area contributed by atoms with Crippen LogP contribution >= 0.6 is 11.6 Å². The fraction of sp³-hybridized carbons (Fsp3) is 0.552. The van der Waals surface area contributed by atoms with Crippen LogP contribution in [-0.4, -0.2) is 71.7 Å². The van der Waals surface area contributed by atoms with Gasteiger partial charge in [-0.15, -0.1) is 0 Å². The number of rotatable bonds is 10. The van der Waals surface area contributed by atoms with Crippen LogP contribution in [0.5, 0.6) is 5.75 Å². The van der Waals surface area contributed by atoms with Gasteiger partial charge < -0.3 is 25.0 Å². The number of alkyl halides is 3. The normalized spacial score (nSPS) is 16.8. The first-order valence-electron chi connectivity index (χ1n) is 14.0. The Balaban J connectivity index is 1.44. The summed E-state index contributed by atoms with van der Waals surface area (Å²) in [6.45, 7) is 7.34. The summed E-state index contributed by atoms with van der Waals surface area (Å²) in [5.41, 5.74) is 1.59. The van der Waals surface area contributed by atoms with Crippen molar-refractivity contribution in [1.29, 1.82) is 0 Å². The van der Waals surface area contributed by atoms with E-state index in [0.29, 0.717) is 11.5 Å². The minimum atomic E-state index is -4.54. The molecule has 1 aromatic carbocycles. The van der Waals surface area contributed by atoms with Crippen LogP contribution in [0.15, 0.2) is 30.3 Å². The lowest BCUT2D eigenvalue weighted by atomic mass is 10.0. The number of nitrogens with zero attached hydrogens (tertiary/aromatic N) is 4. The zero-order chi connectivity index (χ0) is 30.7. The van der Waals surface area contributed by atoms with E-state index in [9.17, 15) is 18.0 Å². The van der Waals surface area contributed by atoms with Crippen molar-refractivity contribution in [3.63, 3.8) is 0 Å². The molecule has 1 fully saturated rings. The lowest BCUT2D eigenvalue weighted by Crippen LogP contribution is -2.50. The van der Waals surface area contributed by atoms with Gasteiger partial charge >= 0.3 is 12.1 Å². The van der Waals surface area contributed by atoms with Gasteiger partial charge in [-0.25, -0.2) is 9.78 Å². The Morgan fingerprint density at radius 2 is 2.00 bits per heavy atom.